The maximum absolute atomic E-state index is 13.3. The van der Waals surface area contributed by atoms with Gasteiger partial charge in [0.25, 0.3) is 0 Å². The molecule has 0 unspecified atom stereocenters. The molecular formula is C26H36F2O6. The molecule has 190 valence electrons. The van der Waals surface area contributed by atoms with Crippen LogP contribution in [0.3, 0.4) is 0 Å². The first kappa shape index (κ1) is 26.6. The molecule has 0 aromatic heterocycles. The smallest absolute Gasteiger partial charge is 0.306 e. The second kappa shape index (κ2) is 12.6. The van der Waals surface area contributed by atoms with Crippen LogP contribution in [-0.4, -0.2) is 53.8 Å². The number of hydrogen-bond donors (Lipinski definition) is 2. The van der Waals surface area contributed by atoms with Gasteiger partial charge in [-0.15, -0.1) is 0 Å². The number of ether oxygens (including phenoxy) is 3. The molecule has 3 rings (SSSR count). The van der Waals surface area contributed by atoms with E-state index in [0.29, 0.717) is 25.4 Å². The normalized spacial score (nSPS) is 28.0. The summed E-state index contributed by atoms with van der Waals surface area (Å²) in [6.07, 6.45) is 6.26. The number of carbonyl (C=O) groups is 1. The van der Waals surface area contributed by atoms with Gasteiger partial charge in [-0.25, -0.2) is 8.78 Å². The lowest BCUT2D eigenvalue weighted by atomic mass is 9.86. The molecule has 0 bridgehead atoms. The summed E-state index contributed by atoms with van der Waals surface area (Å²) >= 11 is 0. The average molecular weight is 483 g/mol. The van der Waals surface area contributed by atoms with Crippen molar-refractivity contribution in [1.29, 1.82) is 0 Å². The molecule has 1 saturated heterocycles. The maximum atomic E-state index is 13.3. The Balaban J connectivity index is 1.46. The van der Waals surface area contributed by atoms with Crippen LogP contribution in [0.15, 0.2) is 30.4 Å². The predicted molar refractivity (Wildman–Crippen MR) is 122 cm³/mol. The standard InChI is InChI=1S/C26H36F2O6/c1-16(2)34-26(31)5-3-4-17-6-9-21-20(24(30)13-25(21)33-14-17)10-7-18(29)15-32-19-8-11-22(27)23(28)12-19/h7-8,10-12,16-18,20-21,24-25,29-30H,3-6,9,13-15H2,1-2H3/b10-7+/t17-,18+,20+,21+,24+,25-/m0/s1. The zero-order valence-corrected chi connectivity index (χ0v) is 19.9. The molecule has 34 heavy (non-hydrogen) atoms. The van der Waals surface area contributed by atoms with Crippen LogP contribution in [0.25, 0.3) is 0 Å². The number of aliphatic hydroxyl groups excluding tert-OH is 2. The molecule has 1 aliphatic carbocycles. The second-order valence-electron chi connectivity index (χ2n) is 9.63. The highest BCUT2D eigenvalue weighted by Crippen LogP contribution is 2.42. The molecule has 2 fully saturated rings. The average Bonchev–Trinajstić information content (AvgIpc) is 2.94. The highest BCUT2D eigenvalue weighted by Gasteiger charge is 2.43. The van der Waals surface area contributed by atoms with E-state index < -0.39 is 23.8 Å². The van der Waals surface area contributed by atoms with Gasteiger partial charge in [-0.3, -0.25) is 4.79 Å². The minimum absolute atomic E-state index is 0.0314. The lowest BCUT2D eigenvalue weighted by molar-refractivity contribution is -0.147. The van der Waals surface area contributed by atoms with Crippen LogP contribution in [0, 0.1) is 29.4 Å². The van der Waals surface area contributed by atoms with E-state index >= 15 is 0 Å². The van der Waals surface area contributed by atoms with Crippen LogP contribution >= 0.6 is 0 Å². The quantitative estimate of drug-likeness (QED) is 0.385. The van der Waals surface area contributed by atoms with Gasteiger partial charge >= 0.3 is 5.97 Å². The molecule has 0 radical (unpaired) electrons. The SMILES string of the molecule is CC(C)OC(=O)CCC[C@H]1CC[C@@H]2[C@@H](/C=C/[C@@H](O)COc3ccc(F)c(F)c3)[C@H](O)C[C@@H]2OC1. The summed E-state index contributed by atoms with van der Waals surface area (Å²) in [4.78, 5) is 11.7. The number of halogens is 2. The predicted octanol–water partition coefficient (Wildman–Crippen LogP) is 4.17. The summed E-state index contributed by atoms with van der Waals surface area (Å²) in [5.41, 5.74) is 0. The van der Waals surface area contributed by atoms with Gasteiger partial charge in [0.15, 0.2) is 11.6 Å². The first-order valence-corrected chi connectivity index (χ1v) is 12.2. The van der Waals surface area contributed by atoms with Crippen LogP contribution in [-0.2, 0) is 14.3 Å². The van der Waals surface area contributed by atoms with E-state index in [1.54, 1.807) is 6.08 Å². The molecule has 0 amide bonds. The molecule has 0 spiro atoms. The third kappa shape index (κ3) is 7.75. The summed E-state index contributed by atoms with van der Waals surface area (Å²) in [7, 11) is 0. The van der Waals surface area contributed by atoms with Crippen LogP contribution in [0.1, 0.15) is 52.4 Å². The molecule has 1 aromatic carbocycles. The number of esters is 1. The van der Waals surface area contributed by atoms with Crippen molar-refractivity contribution in [3.63, 3.8) is 0 Å². The van der Waals surface area contributed by atoms with Crippen molar-refractivity contribution in [2.45, 2.75) is 76.8 Å². The fourth-order valence-corrected chi connectivity index (χ4v) is 4.86. The monoisotopic (exact) mass is 482 g/mol. The number of fused-ring (bicyclic) bond motifs is 1. The van der Waals surface area contributed by atoms with Crippen LogP contribution in [0.2, 0.25) is 0 Å². The molecule has 6 nitrogen and oxygen atoms in total. The molecule has 8 heteroatoms. The lowest BCUT2D eigenvalue weighted by Crippen LogP contribution is -2.22. The zero-order chi connectivity index (χ0) is 24.7. The molecule has 1 aliphatic heterocycles. The van der Waals surface area contributed by atoms with Crippen LogP contribution in [0.4, 0.5) is 8.78 Å². The van der Waals surface area contributed by atoms with Gasteiger partial charge in [0.1, 0.15) is 18.5 Å². The summed E-state index contributed by atoms with van der Waals surface area (Å²) in [5, 5.41) is 20.8. The van der Waals surface area contributed by atoms with Gasteiger partial charge in [0.05, 0.1) is 18.3 Å². The fourth-order valence-electron chi connectivity index (χ4n) is 4.86. The Labute approximate surface area is 199 Å². The van der Waals surface area contributed by atoms with Crippen molar-refractivity contribution in [1.82, 2.24) is 0 Å². The van der Waals surface area contributed by atoms with E-state index in [4.69, 9.17) is 14.2 Å². The van der Waals surface area contributed by atoms with Crippen molar-refractivity contribution in [2.24, 2.45) is 17.8 Å². The topological polar surface area (TPSA) is 85.2 Å². The number of carbonyl (C=O) groups excluding carboxylic acids is 1. The van der Waals surface area contributed by atoms with E-state index in [1.165, 1.54) is 6.07 Å². The maximum Gasteiger partial charge on any atom is 0.306 e. The number of benzene rings is 1. The Morgan fingerprint density at radius 2 is 2.06 bits per heavy atom. The Morgan fingerprint density at radius 3 is 2.79 bits per heavy atom. The second-order valence-corrected chi connectivity index (χ2v) is 9.63. The Kier molecular flexibility index (Phi) is 9.85. The van der Waals surface area contributed by atoms with Gasteiger partial charge in [-0.05, 0) is 63.5 Å². The van der Waals surface area contributed by atoms with Gasteiger partial charge in [-0.2, -0.15) is 0 Å². The molecular weight excluding hydrogens is 446 g/mol. The van der Waals surface area contributed by atoms with Crippen molar-refractivity contribution in [2.75, 3.05) is 13.2 Å². The van der Waals surface area contributed by atoms with Crippen molar-refractivity contribution < 1.29 is 38.0 Å². The van der Waals surface area contributed by atoms with E-state index in [-0.39, 0.29) is 42.4 Å². The summed E-state index contributed by atoms with van der Waals surface area (Å²) < 4.78 is 42.9. The number of rotatable bonds is 10. The lowest BCUT2D eigenvalue weighted by Gasteiger charge is -2.21. The van der Waals surface area contributed by atoms with Crippen LogP contribution in [0.5, 0.6) is 5.75 Å². The molecule has 2 N–H and O–H groups in total. The summed E-state index contributed by atoms with van der Waals surface area (Å²) in [6.45, 7) is 4.19. The molecule has 1 aromatic rings. The number of aliphatic hydroxyl groups is 2. The molecule has 6 atom stereocenters. The Morgan fingerprint density at radius 1 is 1.26 bits per heavy atom. The van der Waals surface area contributed by atoms with Crippen LogP contribution < -0.4 is 4.74 Å². The van der Waals surface area contributed by atoms with Gasteiger partial charge in [0, 0.05) is 31.4 Å². The largest absolute Gasteiger partial charge is 0.490 e. The van der Waals surface area contributed by atoms with Crippen molar-refractivity contribution >= 4 is 5.97 Å². The molecule has 2 aliphatic rings. The third-order valence-electron chi connectivity index (χ3n) is 6.57. The van der Waals surface area contributed by atoms with Crippen molar-refractivity contribution in [3.8, 4) is 5.75 Å². The zero-order valence-electron chi connectivity index (χ0n) is 19.9. The first-order valence-electron chi connectivity index (χ1n) is 12.2. The molecule has 1 saturated carbocycles. The highest BCUT2D eigenvalue weighted by atomic mass is 19.2. The summed E-state index contributed by atoms with van der Waals surface area (Å²) in [6, 6.07) is 3.20. The number of hydrogen-bond acceptors (Lipinski definition) is 6. The summed E-state index contributed by atoms with van der Waals surface area (Å²) in [5.74, 6) is -1.61. The van der Waals surface area contributed by atoms with E-state index in [0.717, 1.165) is 37.8 Å². The Hall–Kier alpha value is -2.03. The van der Waals surface area contributed by atoms with E-state index in [9.17, 15) is 23.8 Å². The first-order chi connectivity index (χ1) is 16.2. The molecule has 1 heterocycles. The van der Waals surface area contributed by atoms with Crippen molar-refractivity contribution in [3.05, 3.63) is 42.0 Å². The third-order valence-corrected chi connectivity index (χ3v) is 6.57. The van der Waals surface area contributed by atoms with Gasteiger partial charge in [-0.1, -0.05) is 12.2 Å². The minimum atomic E-state index is -1.01. The van der Waals surface area contributed by atoms with E-state index in [2.05, 4.69) is 0 Å². The van der Waals surface area contributed by atoms with Gasteiger partial charge < -0.3 is 24.4 Å². The fraction of sp³-hybridized carbons (Fsp3) is 0.654. The Bertz CT molecular complexity index is 830. The van der Waals surface area contributed by atoms with E-state index in [1.807, 2.05) is 19.9 Å². The highest BCUT2D eigenvalue weighted by molar-refractivity contribution is 5.69. The minimum Gasteiger partial charge on any atom is -0.490 e. The van der Waals surface area contributed by atoms with Gasteiger partial charge in [0.2, 0.25) is 0 Å².